The minimum absolute atomic E-state index is 0. The molecule has 0 saturated carbocycles. The van der Waals surface area contributed by atoms with Crippen LogP contribution in [0.5, 0.6) is 0 Å². The first-order chi connectivity index (χ1) is 0. The van der Waals surface area contributed by atoms with Gasteiger partial charge >= 0.3 is 0 Å². The van der Waals surface area contributed by atoms with Gasteiger partial charge in [-0.2, -0.15) is 0 Å². The summed E-state index contributed by atoms with van der Waals surface area (Å²) in [6, 6.07) is 0. The Hall–Kier alpha value is 8.83. The summed E-state index contributed by atoms with van der Waals surface area (Å²) in [5.74, 6) is 0. The van der Waals surface area contributed by atoms with Crippen LogP contribution in [0.2, 0.25) is 0 Å². The largest absolute Gasteiger partial charge is 0 e. The molecule has 24 valence electrons. The van der Waals surface area contributed by atoms with Crippen LogP contribution in [0.25, 0.3) is 0 Å². The Bertz CT molecular complexity index is 0. The van der Waals surface area contributed by atoms with Crippen LogP contribution in [0.3, 0.4) is 0 Å². The van der Waals surface area contributed by atoms with Gasteiger partial charge in [0.15, 0.2) is 0 Å². The summed E-state index contributed by atoms with van der Waals surface area (Å²) in [7, 11) is 0. The maximum Gasteiger partial charge on any atom is 0 e. The summed E-state index contributed by atoms with van der Waals surface area (Å²) >= 11 is 0. The predicted octanol–water partition coefficient (Wildman–Crippen LogP) is -0.0200. The molecular formula is Y8. The zero-order valence-electron chi connectivity index (χ0n) is 4.62. The fourth-order valence-corrected chi connectivity index (χ4v) is 0. The molecule has 0 bridgehead atoms. The van der Waals surface area contributed by atoms with E-state index >= 15 is 0 Å². The molecule has 0 saturated heterocycles. The number of rotatable bonds is 0. The van der Waals surface area contributed by atoms with Crippen LogP contribution < -0.4 is 0 Å². The van der Waals surface area contributed by atoms with Gasteiger partial charge in [0, 0.05) is 262 Å². The van der Waals surface area contributed by atoms with Gasteiger partial charge in [0.2, 0.25) is 0 Å². The predicted molar refractivity (Wildman–Crippen MR) is 0 cm³/mol. The van der Waals surface area contributed by atoms with E-state index in [2.05, 4.69) is 0 Å². The summed E-state index contributed by atoms with van der Waals surface area (Å²) in [4.78, 5) is 0. The Balaban J connectivity index is 0. The third-order valence-electron chi connectivity index (χ3n) is 0. The summed E-state index contributed by atoms with van der Waals surface area (Å²) in [5.41, 5.74) is 0. The SMILES string of the molecule is [Y].[Y].[Y].[Y].[Y].[Y].[Y].[Y]. The molecule has 0 amide bonds. The van der Waals surface area contributed by atoms with E-state index in [0.717, 1.165) is 0 Å². The minimum Gasteiger partial charge on any atom is 0 e. The van der Waals surface area contributed by atoms with Crippen molar-refractivity contribution in [3.63, 3.8) is 0 Å². The van der Waals surface area contributed by atoms with Crippen molar-refractivity contribution in [3.8, 4) is 0 Å². The summed E-state index contributed by atoms with van der Waals surface area (Å²) in [6.07, 6.45) is 0. The molecule has 0 aromatic carbocycles. The van der Waals surface area contributed by atoms with Crippen molar-refractivity contribution >= 4 is 0 Å². The molecule has 0 spiro atoms. The van der Waals surface area contributed by atoms with E-state index in [1.807, 2.05) is 0 Å². The van der Waals surface area contributed by atoms with E-state index in [-0.39, 0.29) is 262 Å². The van der Waals surface area contributed by atoms with E-state index in [0.29, 0.717) is 0 Å². The van der Waals surface area contributed by atoms with E-state index in [4.69, 9.17) is 0 Å². The maximum atomic E-state index is 0. The Morgan fingerprint density at radius 2 is 0.125 bits per heavy atom. The molecule has 8 heteroatoms. The Labute approximate surface area is 252 Å². The third-order valence-corrected chi connectivity index (χ3v) is 0. The first-order valence-electron chi connectivity index (χ1n) is 0. The standard InChI is InChI=1S/8Y. The van der Waals surface area contributed by atoms with E-state index in [1.165, 1.54) is 0 Å². The number of hydrogen-bond acceptors (Lipinski definition) is 0. The molecule has 0 atom stereocenters. The van der Waals surface area contributed by atoms with Crippen LogP contribution in [0.4, 0.5) is 0 Å². The van der Waals surface area contributed by atoms with Gasteiger partial charge in [-0.25, -0.2) is 0 Å². The van der Waals surface area contributed by atoms with Crippen LogP contribution in [0.15, 0.2) is 0 Å². The molecular weight excluding hydrogens is 711 g/mol. The molecule has 0 aromatic rings. The Kier molecular flexibility index (Phi) is 302. The monoisotopic (exact) mass is 711 g/mol. The second kappa shape index (κ2) is 44.7. The van der Waals surface area contributed by atoms with Crippen molar-refractivity contribution < 1.29 is 262 Å². The van der Waals surface area contributed by atoms with Crippen molar-refractivity contribution in [3.05, 3.63) is 0 Å². The first-order valence-corrected chi connectivity index (χ1v) is 0. The zero-order chi connectivity index (χ0) is 0. The van der Waals surface area contributed by atoms with Crippen molar-refractivity contribution in [2.45, 2.75) is 0 Å². The topological polar surface area (TPSA) is 0 Å². The molecule has 0 N–H and O–H groups in total. The van der Waals surface area contributed by atoms with Gasteiger partial charge in [-0.05, 0) is 0 Å². The quantitative estimate of drug-likeness (QED) is 0.332. The van der Waals surface area contributed by atoms with Gasteiger partial charge < -0.3 is 0 Å². The smallest absolute Gasteiger partial charge is 0 e. The Morgan fingerprint density at radius 3 is 0.125 bits per heavy atom. The van der Waals surface area contributed by atoms with E-state index < -0.39 is 0 Å². The summed E-state index contributed by atoms with van der Waals surface area (Å²) in [6.45, 7) is 0. The van der Waals surface area contributed by atoms with Crippen LogP contribution in [-0.2, 0) is 262 Å². The molecule has 0 heterocycles. The van der Waals surface area contributed by atoms with Crippen LogP contribution in [-0.4, -0.2) is 0 Å². The molecule has 0 unspecified atom stereocenters. The average molecular weight is 711 g/mol. The Morgan fingerprint density at radius 1 is 0.125 bits per heavy atom. The van der Waals surface area contributed by atoms with E-state index in [9.17, 15) is 0 Å². The summed E-state index contributed by atoms with van der Waals surface area (Å²) < 4.78 is 0. The fraction of sp³-hybridized carbons (Fsp3) is 0. The molecule has 0 aliphatic carbocycles. The van der Waals surface area contributed by atoms with Crippen molar-refractivity contribution in [2.75, 3.05) is 0 Å². The van der Waals surface area contributed by atoms with Crippen LogP contribution >= 0.6 is 0 Å². The average Bonchev–Trinajstić information content (AvgIpc) is 0. The van der Waals surface area contributed by atoms with Crippen molar-refractivity contribution in [1.82, 2.24) is 0 Å². The second-order valence-corrected chi connectivity index (χ2v) is 0. The summed E-state index contributed by atoms with van der Waals surface area (Å²) in [5, 5.41) is 0. The third kappa shape index (κ3) is 36.4. The van der Waals surface area contributed by atoms with Gasteiger partial charge in [0.05, 0.1) is 0 Å². The molecule has 8 heavy (non-hydrogen) atoms. The van der Waals surface area contributed by atoms with Crippen molar-refractivity contribution in [2.24, 2.45) is 0 Å². The van der Waals surface area contributed by atoms with Crippen molar-refractivity contribution in [1.29, 1.82) is 0 Å². The molecule has 8 radical (unpaired) electrons. The fourth-order valence-electron chi connectivity index (χ4n) is 0. The minimum atomic E-state index is 0. The molecule has 0 nitrogen and oxygen atoms in total. The zero-order valence-corrected chi connectivity index (χ0v) is 27.3. The van der Waals surface area contributed by atoms with E-state index in [1.54, 1.807) is 0 Å². The molecule has 0 aliphatic heterocycles. The van der Waals surface area contributed by atoms with Gasteiger partial charge in [-0.15, -0.1) is 0 Å². The number of hydrogen-bond donors (Lipinski definition) is 0. The van der Waals surface area contributed by atoms with Gasteiger partial charge in [0.25, 0.3) is 0 Å². The van der Waals surface area contributed by atoms with Gasteiger partial charge in [-0.1, -0.05) is 0 Å². The normalized spacial score (nSPS) is 0. The van der Waals surface area contributed by atoms with Gasteiger partial charge in [-0.3, -0.25) is 0 Å². The van der Waals surface area contributed by atoms with Crippen LogP contribution in [0.1, 0.15) is 0 Å². The second-order valence-electron chi connectivity index (χ2n) is 0. The molecule has 0 fully saturated rings. The van der Waals surface area contributed by atoms with Gasteiger partial charge in [0.1, 0.15) is 0 Å². The maximum absolute atomic E-state index is 0. The molecule has 0 aromatic heterocycles. The molecule has 0 rings (SSSR count). The first kappa shape index (κ1) is 54.1. The molecule has 0 aliphatic rings. The van der Waals surface area contributed by atoms with Crippen LogP contribution in [0, 0.1) is 0 Å².